The Kier molecular flexibility index (Phi) is 3.92. The molecule has 2 rings (SSSR count). The highest BCUT2D eigenvalue weighted by Crippen LogP contribution is 2.18. The number of fused-ring (bicyclic) bond motifs is 1. The highest BCUT2D eigenvalue weighted by molar-refractivity contribution is 5.48. The summed E-state index contributed by atoms with van der Waals surface area (Å²) < 4.78 is 2.09. The summed E-state index contributed by atoms with van der Waals surface area (Å²) in [6.45, 7) is 9.47. The van der Waals surface area contributed by atoms with Crippen LogP contribution in [0.1, 0.15) is 32.0 Å². The van der Waals surface area contributed by atoms with Crippen LogP contribution in [-0.4, -0.2) is 27.1 Å². The maximum absolute atomic E-state index is 9.99. The molecule has 0 spiro atoms. The van der Waals surface area contributed by atoms with Gasteiger partial charge in [-0.2, -0.15) is 0 Å². The maximum atomic E-state index is 9.99. The minimum atomic E-state index is -0.353. The van der Waals surface area contributed by atoms with Gasteiger partial charge in [0.15, 0.2) is 0 Å². The van der Waals surface area contributed by atoms with Crippen LogP contribution in [0.2, 0.25) is 0 Å². The van der Waals surface area contributed by atoms with Crippen molar-refractivity contribution in [1.82, 2.24) is 14.7 Å². The zero-order valence-corrected chi connectivity index (χ0v) is 12.1. The van der Waals surface area contributed by atoms with E-state index in [4.69, 9.17) is 0 Å². The van der Waals surface area contributed by atoms with Crippen LogP contribution in [0.3, 0.4) is 0 Å². The molecule has 0 aliphatic rings. The summed E-state index contributed by atoms with van der Waals surface area (Å²) in [5, 5.41) is 13.3. The largest absolute Gasteiger partial charge is 0.391 e. The summed E-state index contributed by atoms with van der Waals surface area (Å²) in [6.07, 6.45) is 3.55. The molecular formula is C15H23N3O. The van der Waals surface area contributed by atoms with Crippen molar-refractivity contribution < 1.29 is 5.11 Å². The molecule has 2 aromatic rings. The fourth-order valence-corrected chi connectivity index (χ4v) is 1.98. The van der Waals surface area contributed by atoms with Gasteiger partial charge in [-0.1, -0.05) is 26.8 Å². The van der Waals surface area contributed by atoms with E-state index in [2.05, 4.69) is 27.7 Å². The minimum Gasteiger partial charge on any atom is -0.391 e. The zero-order valence-electron chi connectivity index (χ0n) is 12.1. The van der Waals surface area contributed by atoms with Crippen LogP contribution in [-0.2, 0) is 6.54 Å². The molecule has 0 aliphatic carbocycles. The third kappa shape index (κ3) is 3.14. The van der Waals surface area contributed by atoms with Gasteiger partial charge in [-0.25, -0.2) is 4.98 Å². The van der Waals surface area contributed by atoms with Gasteiger partial charge in [-0.3, -0.25) is 0 Å². The number of nitrogens with one attached hydrogen (secondary N) is 1. The highest BCUT2D eigenvalue weighted by Gasteiger charge is 2.21. The molecule has 2 aromatic heterocycles. The van der Waals surface area contributed by atoms with Crippen LogP contribution in [0, 0.1) is 12.3 Å². The summed E-state index contributed by atoms with van der Waals surface area (Å²) in [7, 11) is 0. The SMILES string of the molecule is Cc1cccn2c(CNCC(O)C(C)(C)C)cnc12. The summed E-state index contributed by atoms with van der Waals surface area (Å²) in [5.41, 5.74) is 3.18. The van der Waals surface area contributed by atoms with Gasteiger partial charge in [0, 0.05) is 19.3 Å². The Hall–Kier alpha value is -1.39. The predicted molar refractivity (Wildman–Crippen MR) is 77.1 cm³/mol. The first-order chi connectivity index (χ1) is 8.89. The lowest BCUT2D eigenvalue weighted by Crippen LogP contribution is -2.36. The Labute approximate surface area is 114 Å². The molecule has 2 N–H and O–H groups in total. The van der Waals surface area contributed by atoms with Crippen LogP contribution < -0.4 is 5.32 Å². The first kappa shape index (κ1) is 14.0. The van der Waals surface area contributed by atoms with Gasteiger partial charge in [0.2, 0.25) is 0 Å². The van der Waals surface area contributed by atoms with Crippen molar-refractivity contribution in [2.24, 2.45) is 5.41 Å². The molecule has 4 nitrogen and oxygen atoms in total. The van der Waals surface area contributed by atoms with Crippen molar-refractivity contribution >= 4 is 5.65 Å². The van der Waals surface area contributed by atoms with E-state index in [9.17, 15) is 5.11 Å². The van der Waals surface area contributed by atoms with Crippen LogP contribution in [0.4, 0.5) is 0 Å². The van der Waals surface area contributed by atoms with Crippen molar-refractivity contribution in [3.8, 4) is 0 Å². The Balaban J connectivity index is 2.01. The Morgan fingerprint density at radius 3 is 2.84 bits per heavy atom. The lowest BCUT2D eigenvalue weighted by atomic mass is 9.89. The number of aromatic nitrogens is 2. The van der Waals surface area contributed by atoms with Gasteiger partial charge >= 0.3 is 0 Å². The van der Waals surface area contributed by atoms with Crippen molar-refractivity contribution in [3.05, 3.63) is 35.8 Å². The highest BCUT2D eigenvalue weighted by atomic mass is 16.3. The number of nitrogens with zero attached hydrogens (tertiary/aromatic N) is 2. The van der Waals surface area contributed by atoms with Crippen molar-refractivity contribution in [1.29, 1.82) is 0 Å². The van der Waals surface area contributed by atoms with E-state index in [1.165, 1.54) is 5.56 Å². The molecular weight excluding hydrogens is 238 g/mol. The fourth-order valence-electron chi connectivity index (χ4n) is 1.98. The topological polar surface area (TPSA) is 49.6 Å². The monoisotopic (exact) mass is 261 g/mol. The molecule has 1 unspecified atom stereocenters. The molecule has 19 heavy (non-hydrogen) atoms. The quantitative estimate of drug-likeness (QED) is 0.886. The van der Waals surface area contributed by atoms with Crippen LogP contribution in [0.25, 0.3) is 5.65 Å². The van der Waals surface area contributed by atoms with Gasteiger partial charge in [0.05, 0.1) is 18.0 Å². The second-order valence-corrected chi connectivity index (χ2v) is 6.15. The number of aliphatic hydroxyl groups is 1. The number of hydrogen-bond acceptors (Lipinski definition) is 3. The van der Waals surface area contributed by atoms with Crippen LogP contribution in [0.15, 0.2) is 24.5 Å². The molecule has 0 saturated heterocycles. The van der Waals surface area contributed by atoms with Gasteiger partial charge in [-0.05, 0) is 24.0 Å². The number of aliphatic hydroxyl groups excluding tert-OH is 1. The second kappa shape index (κ2) is 5.31. The molecule has 0 fully saturated rings. The number of aryl methyl sites for hydroxylation is 1. The summed E-state index contributed by atoms with van der Waals surface area (Å²) in [5.74, 6) is 0. The first-order valence-corrected chi connectivity index (χ1v) is 6.70. The van der Waals surface area contributed by atoms with Gasteiger partial charge in [0.1, 0.15) is 5.65 Å². The van der Waals surface area contributed by atoms with Crippen molar-refractivity contribution in [3.63, 3.8) is 0 Å². The number of pyridine rings is 1. The molecule has 0 radical (unpaired) electrons. The van der Waals surface area contributed by atoms with E-state index >= 15 is 0 Å². The molecule has 0 aliphatic heterocycles. The molecule has 0 aromatic carbocycles. The van der Waals surface area contributed by atoms with E-state index < -0.39 is 0 Å². The maximum Gasteiger partial charge on any atom is 0.139 e. The van der Waals surface area contributed by atoms with Gasteiger partial charge in [-0.15, -0.1) is 0 Å². The lowest BCUT2D eigenvalue weighted by Gasteiger charge is -2.25. The Bertz CT molecular complexity index is 554. The van der Waals surface area contributed by atoms with E-state index in [0.717, 1.165) is 11.3 Å². The second-order valence-electron chi connectivity index (χ2n) is 6.15. The molecule has 1 atom stereocenters. The van der Waals surface area contributed by atoms with Crippen molar-refractivity contribution in [2.45, 2.75) is 40.3 Å². The standard InChI is InChI=1S/C15H23N3O/c1-11-6-5-7-18-12(9-17-14(11)18)8-16-10-13(19)15(2,3)4/h5-7,9,13,16,19H,8,10H2,1-4H3. The van der Waals surface area contributed by atoms with E-state index in [0.29, 0.717) is 13.1 Å². The number of hydrogen-bond donors (Lipinski definition) is 2. The number of rotatable bonds is 4. The summed E-state index contributed by atoms with van der Waals surface area (Å²) in [4.78, 5) is 4.43. The zero-order chi connectivity index (χ0) is 14.0. The van der Waals surface area contributed by atoms with Crippen LogP contribution >= 0.6 is 0 Å². The first-order valence-electron chi connectivity index (χ1n) is 6.70. The molecule has 0 amide bonds. The van der Waals surface area contributed by atoms with Gasteiger partial charge < -0.3 is 14.8 Å². The lowest BCUT2D eigenvalue weighted by molar-refractivity contribution is 0.0627. The molecule has 0 saturated carbocycles. The van der Waals surface area contributed by atoms with E-state index in [-0.39, 0.29) is 11.5 Å². The smallest absolute Gasteiger partial charge is 0.139 e. The number of imidazole rings is 1. The van der Waals surface area contributed by atoms with E-state index in [1.54, 1.807) is 0 Å². The third-order valence-electron chi connectivity index (χ3n) is 3.45. The predicted octanol–water partition coefficient (Wildman–Crippen LogP) is 2.14. The van der Waals surface area contributed by atoms with Crippen LogP contribution in [0.5, 0.6) is 0 Å². The average Bonchev–Trinajstić information content (AvgIpc) is 2.73. The molecule has 4 heteroatoms. The molecule has 2 heterocycles. The van der Waals surface area contributed by atoms with Gasteiger partial charge in [0.25, 0.3) is 0 Å². The fraction of sp³-hybridized carbons (Fsp3) is 0.533. The normalized spacial score (nSPS) is 13.9. The minimum absolute atomic E-state index is 0.0942. The molecule has 104 valence electrons. The molecule has 0 bridgehead atoms. The third-order valence-corrected chi connectivity index (χ3v) is 3.45. The summed E-state index contributed by atoms with van der Waals surface area (Å²) in [6, 6.07) is 4.08. The Morgan fingerprint density at radius 2 is 2.16 bits per heavy atom. The van der Waals surface area contributed by atoms with Crippen molar-refractivity contribution in [2.75, 3.05) is 6.54 Å². The summed E-state index contributed by atoms with van der Waals surface area (Å²) >= 11 is 0. The Morgan fingerprint density at radius 1 is 1.42 bits per heavy atom. The average molecular weight is 261 g/mol. The van der Waals surface area contributed by atoms with E-state index in [1.807, 2.05) is 39.2 Å².